The minimum Gasteiger partial charge on any atom is -0.397 e. The molecule has 0 amide bonds. The van der Waals surface area contributed by atoms with Crippen LogP contribution in [-0.4, -0.2) is 0 Å². The standard InChI is InChI=1S/C25H26N6S2/c26-18-5-1-3-7-20(18)28-12-14-9-16-22-11-23(30-24(16)32-14)17-10-15(33-25(17)31-22)13-29-21-8-4-2-6-19(21)27/h1-10,22-23,28-31H,11-13,26-27H2. The maximum Gasteiger partial charge on any atom is 0.0944 e. The number of hydrogen-bond acceptors (Lipinski definition) is 8. The molecule has 0 saturated heterocycles. The van der Waals surface area contributed by atoms with Crippen LogP contribution in [0, 0.1) is 0 Å². The summed E-state index contributed by atoms with van der Waals surface area (Å²) in [5, 5.41) is 17.1. The van der Waals surface area contributed by atoms with E-state index in [2.05, 4.69) is 33.4 Å². The molecule has 4 heterocycles. The second-order valence-electron chi connectivity index (χ2n) is 8.51. The Hall–Kier alpha value is -3.36. The molecule has 2 aromatic carbocycles. The lowest BCUT2D eigenvalue weighted by Gasteiger charge is -2.36. The largest absolute Gasteiger partial charge is 0.397 e. The molecule has 0 spiro atoms. The molecule has 2 unspecified atom stereocenters. The Labute approximate surface area is 201 Å². The second kappa shape index (κ2) is 8.20. The molecule has 6 rings (SSSR count). The minimum absolute atomic E-state index is 0.342. The lowest BCUT2D eigenvalue weighted by Crippen LogP contribution is -2.28. The van der Waals surface area contributed by atoms with Gasteiger partial charge in [-0.05, 0) is 42.8 Å². The quantitative estimate of drug-likeness (QED) is 0.186. The lowest BCUT2D eigenvalue weighted by molar-refractivity contribution is 0.574. The second-order valence-corrected chi connectivity index (χ2v) is 10.8. The summed E-state index contributed by atoms with van der Waals surface area (Å²) in [5.41, 5.74) is 18.4. The zero-order chi connectivity index (χ0) is 22.4. The average Bonchev–Trinajstić information content (AvgIpc) is 3.42. The summed E-state index contributed by atoms with van der Waals surface area (Å²) in [6.07, 6.45) is 1.06. The third kappa shape index (κ3) is 3.85. The van der Waals surface area contributed by atoms with E-state index in [4.69, 9.17) is 11.5 Å². The first-order valence-electron chi connectivity index (χ1n) is 11.1. The maximum atomic E-state index is 6.07. The summed E-state index contributed by atoms with van der Waals surface area (Å²) >= 11 is 3.66. The van der Waals surface area contributed by atoms with Crippen molar-refractivity contribution in [3.8, 4) is 0 Å². The van der Waals surface area contributed by atoms with Gasteiger partial charge in [-0.1, -0.05) is 24.3 Å². The monoisotopic (exact) mass is 474 g/mol. The number of benzene rings is 2. The highest BCUT2D eigenvalue weighted by Crippen LogP contribution is 2.52. The van der Waals surface area contributed by atoms with Crippen LogP contribution in [0.4, 0.5) is 32.8 Å². The molecular weight excluding hydrogens is 448 g/mol. The molecule has 8 N–H and O–H groups in total. The van der Waals surface area contributed by atoms with Crippen molar-refractivity contribution in [1.82, 2.24) is 0 Å². The molecule has 0 fully saturated rings. The molecule has 2 aromatic heterocycles. The maximum absolute atomic E-state index is 6.07. The highest BCUT2D eigenvalue weighted by molar-refractivity contribution is 7.17. The number of nitrogen functional groups attached to an aromatic ring is 2. The molecule has 6 nitrogen and oxygen atoms in total. The van der Waals surface area contributed by atoms with Gasteiger partial charge in [-0.3, -0.25) is 0 Å². The van der Waals surface area contributed by atoms with Crippen LogP contribution in [0.15, 0.2) is 60.7 Å². The Balaban J connectivity index is 1.16. The minimum atomic E-state index is 0.342. The van der Waals surface area contributed by atoms with E-state index in [1.807, 2.05) is 71.2 Å². The van der Waals surface area contributed by atoms with E-state index in [1.165, 1.54) is 30.9 Å². The summed E-state index contributed by atoms with van der Waals surface area (Å²) in [7, 11) is 0. The fraction of sp³-hybridized carbons (Fsp3) is 0.200. The predicted molar refractivity (Wildman–Crippen MR) is 142 cm³/mol. The van der Waals surface area contributed by atoms with Gasteiger partial charge in [0.15, 0.2) is 0 Å². The molecule has 0 saturated carbocycles. The van der Waals surface area contributed by atoms with Gasteiger partial charge in [-0.2, -0.15) is 0 Å². The van der Waals surface area contributed by atoms with Gasteiger partial charge in [0, 0.05) is 34.0 Å². The van der Waals surface area contributed by atoms with E-state index in [9.17, 15) is 0 Å². The van der Waals surface area contributed by atoms with Crippen LogP contribution < -0.4 is 32.7 Å². The van der Waals surface area contributed by atoms with Crippen LogP contribution in [0.1, 0.15) is 39.4 Å². The van der Waals surface area contributed by atoms with Crippen LogP contribution in [0.3, 0.4) is 0 Å². The molecule has 4 aromatic rings. The van der Waals surface area contributed by atoms with Crippen LogP contribution in [-0.2, 0) is 13.1 Å². The van der Waals surface area contributed by atoms with Crippen molar-refractivity contribution in [2.45, 2.75) is 31.6 Å². The fourth-order valence-electron chi connectivity index (χ4n) is 4.59. The zero-order valence-electron chi connectivity index (χ0n) is 18.0. The molecule has 8 heteroatoms. The summed E-state index contributed by atoms with van der Waals surface area (Å²) in [6, 6.07) is 21.1. The van der Waals surface area contributed by atoms with Crippen molar-refractivity contribution < 1.29 is 0 Å². The van der Waals surface area contributed by atoms with Crippen molar-refractivity contribution >= 4 is 55.4 Å². The number of thiophene rings is 2. The summed E-state index contributed by atoms with van der Waals surface area (Å²) in [6.45, 7) is 1.54. The van der Waals surface area contributed by atoms with E-state index >= 15 is 0 Å². The van der Waals surface area contributed by atoms with E-state index in [1.54, 1.807) is 0 Å². The molecule has 2 aliphatic heterocycles. The predicted octanol–water partition coefficient (Wildman–Crippen LogP) is 6.22. The topological polar surface area (TPSA) is 100 Å². The van der Waals surface area contributed by atoms with E-state index < -0.39 is 0 Å². The van der Waals surface area contributed by atoms with Crippen molar-refractivity contribution in [3.05, 3.63) is 81.5 Å². The summed E-state index contributed by atoms with van der Waals surface area (Å²) in [5.74, 6) is 0. The number of fused-ring (bicyclic) bond motifs is 6. The van der Waals surface area contributed by atoms with Crippen molar-refractivity contribution in [2.75, 3.05) is 32.7 Å². The molecule has 0 aliphatic carbocycles. The van der Waals surface area contributed by atoms with Crippen LogP contribution >= 0.6 is 22.7 Å². The molecule has 2 bridgehead atoms. The Kier molecular flexibility index (Phi) is 5.04. The molecular formula is C25H26N6S2. The molecule has 168 valence electrons. The first-order valence-corrected chi connectivity index (χ1v) is 12.7. The fourth-order valence-corrected chi connectivity index (χ4v) is 6.82. The Morgan fingerprint density at radius 2 is 1.18 bits per heavy atom. The van der Waals surface area contributed by atoms with Gasteiger partial charge in [0.05, 0.1) is 44.8 Å². The Morgan fingerprint density at radius 1 is 0.727 bits per heavy atom. The first kappa shape index (κ1) is 20.3. The third-order valence-corrected chi connectivity index (χ3v) is 8.45. The molecule has 0 radical (unpaired) electrons. The van der Waals surface area contributed by atoms with Gasteiger partial charge < -0.3 is 32.7 Å². The zero-order valence-corrected chi connectivity index (χ0v) is 19.7. The van der Waals surface area contributed by atoms with Gasteiger partial charge in [0.2, 0.25) is 0 Å². The van der Waals surface area contributed by atoms with E-state index in [-0.39, 0.29) is 0 Å². The number of nitrogens with one attached hydrogen (secondary N) is 4. The van der Waals surface area contributed by atoms with Crippen LogP contribution in [0.5, 0.6) is 0 Å². The van der Waals surface area contributed by atoms with Crippen LogP contribution in [0.25, 0.3) is 0 Å². The first-order chi connectivity index (χ1) is 16.1. The van der Waals surface area contributed by atoms with Gasteiger partial charge in [-0.25, -0.2) is 0 Å². The normalized spacial score (nSPS) is 17.9. The highest BCUT2D eigenvalue weighted by atomic mass is 32.1. The van der Waals surface area contributed by atoms with Gasteiger partial charge in [0.25, 0.3) is 0 Å². The van der Waals surface area contributed by atoms with E-state index in [0.29, 0.717) is 12.1 Å². The van der Waals surface area contributed by atoms with Gasteiger partial charge in [-0.15, -0.1) is 22.7 Å². The molecule has 33 heavy (non-hydrogen) atoms. The van der Waals surface area contributed by atoms with Crippen LogP contribution in [0.2, 0.25) is 0 Å². The van der Waals surface area contributed by atoms with Crippen molar-refractivity contribution in [2.24, 2.45) is 0 Å². The van der Waals surface area contributed by atoms with Crippen molar-refractivity contribution in [1.29, 1.82) is 0 Å². The number of hydrogen-bond donors (Lipinski definition) is 6. The molecule has 2 aliphatic rings. The Bertz CT molecular complexity index is 1210. The number of para-hydroxylation sites is 4. The number of nitrogens with two attached hydrogens (primary N) is 2. The number of anilines is 6. The van der Waals surface area contributed by atoms with Crippen molar-refractivity contribution in [3.63, 3.8) is 0 Å². The van der Waals surface area contributed by atoms with Gasteiger partial charge in [0.1, 0.15) is 0 Å². The van der Waals surface area contributed by atoms with Gasteiger partial charge >= 0.3 is 0 Å². The average molecular weight is 475 g/mol. The molecule has 2 atom stereocenters. The van der Waals surface area contributed by atoms with E-state index in [0.717, 1.165) is 42.3 Å². The SMILES string of the molecule is Nc1ccccc1NCc1cc2c(s1)NC1CC2Nc2sc(CNc3ccccc3N)cc21. The smallest absolute Gasteiger partial charge is 0.0944 e. The number of rotatable bonds is 6. The third-order valence-electron chi connectivity index (χ3n) is 6.28. The lowest BCUT2D eigenvalue weighted by atomic mass is 9.90. The highest BCUT2D eigenvalue weighted by Gasteiger charge is 2.36. The Morgan fingerprint density at radius 3 is 1.64 bits per heavy atom. The summed E-state index contributed by atoms with van der Waals surface area (Å²) in [4.78, 5) is 2.61. The summed E-state index contributed by atoms with van der Waals surface area (Å²) < 4.78 is 0.